The van der Waals surface area contributed by atoms with E-state index in [1.807, 2.05) is 6.92 Å². The monoisotopic (exact) mass is 281 g/mol. The Morgan fingerprint density at radius 3 is 2.55 bits per heavy atom. The third kappa shape index (κ3) is 4.46. The minimum absolute atomic E-state index is 0.301. The van der Waals surface area contributed by atoms with Gasteiger partial charge in [-0.15, -0.1) is 0 Å². The number of hydrogen-bond acceptors (Lipinski definition) is 5. The fraction of sp³-hybridized carbons (Fsp3) is 0.429. The molecule has 6 heteroatoms. The molecule has 0 aliphatic carbocycles. The summed E-state index contributed by atoms with van der Waals surface area (Å²) in [6.45, 7) is 4.33. The molecule has 110 valence electrons. The Labute approximate surface area is 118 Å². The van der Waals surface area contributed by atoms with E-state index in [4.69, 9.17) is 14.2 Å². The maximum Gasteiger partial charge on any atom is 0.338 e. The van der Waals surface area contributed by atoms with Crippen molar-refractivity contribution in [3.63, 3.8) is 0 Å². The zero-order chi connectivity index (χ0) is 15.0. The number of likely N-dealkylation sites (N-methyl/N-ethyl adjacent to an activating group) is 1. The van der Waals surface area contributed by atoms with Crippen molar-refractivity contribution in [1.82, 2.24) is 5.32 Å². The van der Waals surface area contributed by atoms with Crippen molar-refractivity contribution in [2.75, 3.05) is 26.9 Å². The number of ether oxygens (including phenoxy) is 3. The first-order valence-electron chi connectivity index (χ1n) is 6.37. The Morgan fingerprint density at radius 2 is 1.95 bits per heavy atom. The molecule has 0 bridgehead atoms. The highest BCUT2D eigenvalue weighted by Gasteiger charge is 2.13. The van der Waals surface area contributed by atoms with Gasteiger partial charge in [0.05, 0.1) is 19.3 Å². The molecule has 0 atom stereocenters. The third-order valence-corrected chi connectivity index (χ3v) is 2.41. The summed E-state index contributed by atoms with van der Waals surface area (Å²) >= 11 is 0. The van der Waals surface area contributed by atoms with Crippen LogP contribution in [0.5, 0.6) is 11.5 Å². The highest BCUT2D eigenvalue weighted by molar-refractivity contribution is 5.92. The molecular formula is C14H19NO5. The predicted octanol–water partition coefficient (Wildman–Crippen LogP) is 1.39. The van der Waals surface area contributed by atoms with Gasteiger partial charge in [-0.25, -0.2) is 4.79 Å². The largest absolute Gasteiger partial charge is 0.493 e. The van der Waals surface area contributed by atoms with E-state index in [2.05, 4.69) is 5.32 Å². The van der Waals surface area contributed by atoms with E-state index in [0.717, 1.165) is 0 Å². The zero-order valence-electron chi connectivity index (χ0n) is 11.9. The number of esters is 1. The average Bonchev–Trinajstić information content (AvgIpc) is 2.45. The molecule has 1 amide bonds. The van der Waals surface area contributed by atoms with Crippen LogP contribution in [0.25, 0.3) is 0 Å². The van der Waals surface area contributed by atoms with E-state index < -0.39 is 5.97 Å². The lowest BCUT2D eigenvalue weighted by Crippen LogP contribution is -2.28. The van der Waals surface area contributed by atoms with E-state index in [0.29, 0.717) is 30.2 Å². The SMILES string of the molecule is CCNC(=O)COC(=O)c1ccc(OCC)c(OC)c1. The van der Waals surface area contributed by atoms with Gasteiger partial charge in [0.25, 0.3) is 5.91 Å². The number of amides is 1. The van der Waals surface area contributed by atoms with Gasteiger partial charge >= 0.3 is 5.97 Å². The standard InChI is InChI=1S/C14H19NO5/c1-4-15-13(16)9-20-14(17)10-6-7-11(19-5-2)12(8-10)18-3/h6-8H,4-5,9H2,1-3H3,(H,15,16). The fourth-order valence-electron chi connectivity index (χ4n) is 1.53. The van der Waals surface area contributed by atoms with Crippen molar-refractivity contribution < 1.29 is 23.8 Å². The Hall–Kier alpha value is -2.24. The van der Waals surface area contributed by atoms with Crippen LogP contribution in [0.3, 0.4) is 0 Å². The summed E-state index contributed by atoms with van der Waals surface area (Å²) in [4.78, 5) is 23.0. The second-order valence-electron chi connectivity index (χ2n) is 3.83. The van der Waals surface area contributed by atoms with Crippen molar-refractivity contribution in [3.8, 4) is 11.5 Å². The molecule has 0 fully saturated rings. The predicted molar refractivity (Wildman–Crippen MR) is 73.1 cm³/mol. The number of hydrogen-bond donors (Lipinski definition) is 1. The van der Waals surface area contributed by atoms with E-state index in [1.165, 1.54) is 13.2 Å². The van der Waals surface area contributed by atoms with Crippen LogP contribution in [0.1, 0.15) is 24.2 Å². The molecular weight excluding hydrogens is 262 g/mol. The minimum Gasteiger partial charge on any atom is -0.493 e. The van der Waals surface area contributed by atoms with E-state index in [1.54, 1.807) is 19.1 Å². The highest BCUT2D eigenvalue weighted by Crippen LogP contribution is 2.28. The number of rotatable bonds is 7. The molecule has 0 saturated heterocycles. The molecule has 1 N–H and O–H groups in total. The first-order valence-corrected chi connectivity index (χ1v) is 6.37. The number of carbonyl (C=O) groups excluding carboxylic acids is 2. The van der Waals surface area contributed by atoms with Gasteiger partial charge in [0.2, 0.25) is 0 Å². The molecule has 0 aliphatic rings. The Balaban J connectivity index is 2.71. The van der Waals surface area contributed by atoms with Gasteiger partial charge < -0.3 is 19.5 Å². The van der Waals surface area contributed by atoms with Crippen molar-refractivity contribution in [2.24, 2.45) is 0 Å². The molecule has 6 nitrogen and oxygen atoms in total. The van der Waals surface area contributed by atoms with Gasteiger partial charge in [-0.1, -0.05) is 0 Å². The lowest BCUT2D eigenvalue weighted by Gasteiger charge is -2.10. The number of methoxy groups -OCH3 is 1. The van der Waals surface area contributed by atoms with E-state index in [9.17, 15) is 9.59 Å². The summed E-state index contributed by atoms with van der Waals surface area (Å²) in [6, 6.07) is 4.71. The Kier molecular flexibility index (Phi) is 6.36. The molecule has 0 unspecified atom stereocenters. The Morgan fingerprint density at radius 1 is 1.20 bits per heavy atom. The molecule has 0 saturated carbocycles. The lowest BCUT2D eigenvalue weighted by atomic mass is 10.2. The molecule has 20 heavy (non-hydrogen) atoms. The van der Waals surface area contributed by atoms with E-state index in [-0.39, 0.29) is 12.5 Å². The zero-order valence-corrected chi connectivity index (χ0v) is 11.9. The maximum absolute atomic E-state index is 11.8. The summed E-state index contributed by atoms with van der Waals surface area (Å²) < 4.78 is 15.4. The minimum atomic E-state index is -0.586. The molecule has 0 radical (unpaired) electrons. The van der Waals surface area contributed by atoms with Gasteiger partial charge in [-0.2, -0.15) is 0 Å². The van der Waals surface area contributed by atoms with Crippen LogP contribution in [0, 0.1) is 0 Å². The number of benzene rings is 1. The van der Waals surface area contributed by atoms with Crippen molar-refractivity contribution in [3.05, 3.63) is 23.8 Å². The van der Waals surface area contributed by atoms with Crippen LogP contribution in [-0.4, -0.2) is 38.7 Å². The quantitative estimate of drug-likeness (QED) is 0.764. The van der Waals surface area contributed by atoms with Gasteiger partial charge in [-0.05, 0) is 32.0 Å². The molecule has 0 aliphatic heterocycles. The highest BCUT2D eigenvalue weighted by atomic mass is 16.5. The van der Waals surface area contributed by atoms with Crippen LogP contribution in [-0.2, 0) is 9.53 Å². The first kappa shape index (κ1) is 15.8. The molecule has 0 heterocycles. The van der Waals surface area contributed by atoms with Gasteiger partial charge in [-0.3, -0.25) is 4.79 Å². The molecule has 1 rings (SSSR count). The smallest absolute Gasteiger partial charge is 0.338 e. The summed E-state index contributed by atoms with van der Waals surface area (Å²) in [5.74, 6) is 0.0749. The van der Waals surface area contributed by atoms with Gasteiger partial charge in [0.1, 0.15) is 0 Å². The summed E-state index contributed by atoms with van der Waals surface area (Å²) in [5.41, 5.74) is 0.301. The molecule has 1 aromatic carbocycles. The number of carbonyl (C=O) groups is 2. The van der Waals surface area contributed by atoms with Gasteiger partial charge in [0, 0.05) is 6.54 Å². The maximum atomic E-state index is 11.8. The summed E-state index contributed by atoms with van der Waals surface area (Å²) in [6.07, 6.45) is 0. The van der Waals surface area contributed by atoms with Crippen LogP contribution < -0.4 is 14.8 Å². The summed E-state index contributed by atoms with van der Waals surface area (Å²) in [7, 11) is 1.49. The third-order valence-electron chi connectivity index (χ3n) is 2.41. The van der Waals surface area contributed by atoms with Gasteiger partial charge in [0.15, 0.2) is 18.1 Å². The normalized spacial score (nSPS) is 9.75. The Bertz CT molecular complexity index is 473. The molecule has 0 aromatic heterocycles. The van der Waals surface area contributed by atoms with Crippen LogP contribution in [0.15, 0.2) is 18.2 Å². The lowest BCUT2D eigenvalue weighted by molar-refractivity contribution is -0.124. The van der Waals surface area contributed by atoms with E-state index >= 15 is 0 Å². The van der Waals surface area contributed by atoms with Crippen molar-refractivity contribution >= 4 is 11.9 Å². The van der Waals surface area contributed by atoms with Crippen LogP contribution in [0.4, 0.5) is 0 Å². The molecule has 0 spiro atoms. The van der Waals surface area contributed by atoms with Crippen molar-refractivity contribution in [1.29, 1.82) is 0 Å². The van der Waals surface area contributed by atoms with Crippen LogP contribution in [0.2, 0.25) is 0 Å². The fourth-order valence-corrected chi connectivity index (χ4v) is 1.53. The summed E-state index contributed by atoms with van der Waals surface area (Å²) in [5, 5.41) is 2.54. The second kappa shape index (κ2) is 8.04. The molecule has 1 aromatic rings. The second-order valence-corrected chi connectivity index (χ2v) is 3.83. The van der Waals surface area contributed by atoms with Crippen molar-refractivity contribution in [2.45, 2.75) is 13.8 Å². The first-order chi connectivity index (χ1) is 9.62. The topological polar surface area (TPSA) is 73.9 Å². The van der Waals surface area contributed by atoms with Crippen LogP contribution >= 0.6 is 0 Å². The average molecular weight is 281 g/mol. The number of nitrogens with one attached hydrogen (secondary N) is 1.